The van der Waals surface area contributed by atoms with Gasteiger partial charge >= 0.3 is 6.09 Å². The van der Waals surface area contributed by atoms with Crippen molar-refractivity contribution in [2.24, 2.45) is 0 Å². The number of hydrogen-bond donors (Lipinski definition) is 0. The van der Waals surface area contributed by atoms with Crippen LogP contribution in [0.1, 0.15) is 38.8 Å². The number of amides is 1. The summed E-state index contributed by atoms with van der Waals surface area (Å²) in [5, 5.41) is 0. The van der Waals surface area contributed by atoms with Gasteiger partial charge in [-0.05, 0) is 51.8 Å². The van der Waals surface area contributed by atoms with Crippen LogP contribution >= 0.6 is 0 Å². The summed E-state index contributed by atoms with van der Waals surface area (Å²) in [4.78, 5) is 25.0. The van der Waals surface area contributed by atoms with Crippen molar-refractivity contribution in [1.29, 1.82) is 0 Å². The van der Waals surface area contributed by atoms with Gasteiger partial charge < -0.3 is 9.53 Å². The van der Waals surface area contributed by atoms with E-state index in [4.69, 9.17) is 4.74 Å². The average Bonchev–Trinajstić information content (AvgIpc) is 2.38. The quantitative estimate of drug-likeness (QED) is 0.803. The van der Waals surface area contributed by atoms with Crippen LogP contribution in [0.2, 0.25) is 0 Å². The van der Waals surface area contributed by atoms with E-state index in [0.717, 1.165) is 0 Å². The first-order chi connectivity index (χ1) is 9.53. The fourth-order valence-corrected chi connectivity index (χ4v) is 2.00. The first-order valence-electron chi connectivity index (χ1n) is 6.71. The number of benzene rings is 1. The number of aldehydes is 1. The molecule has 1 atom stereocenters. The van der Waals surface area contributed by atoms with Crippen molar-refractivity contribution in [3.63, 3.8) is 0 Å². The normalized spacial score (nSPS) is 14.2. The molecule has 0 aliphatic heterocycles. The molecular formula is C16H22FNO3. The summed E-state index contributed by atoms with van der Waals surface area (Å²) in [6, 6.07) is 4.47. The Kier molecular flexibility index (Phi) is 4.76. The lowest BCUT2D eigenvalue weighted by molar-refractivity contribution is -0.117. The summed E-state index contributed by atoms with van der Waals surface area (Å²) in [6.45, 7) is 8.36. The summed E-state index contributed by atoms with van der Waals surface area (Å²) in [5.41, 5.74) is -1.20. The van der Waals surface area contributed by atoms with Gasteiger partial charge in [0.05, 0.1) is 0 Å². The van der Waals surface area contributed by atoms with Crippen LogP contribution in [-0.2, 0) is 15.1 Å². The van der Waals surface area contributed by atoms with Crippen molar-refractivity contribution in [3.8, 4) is 0 Å². The number of likely N-dealkylation sites (N-methyl/N-ethyl adjacent to an activating group) is 1. The van der Waals surface area contributed by atoms with E-state index in [-0.39, 0.29) is 0 Å². The smallest absolute Gasteiger partial charge is 0.411 e. The molecule has 0 radical (unpaired) electrons. The van der Waals surface area contributed by atoms with E-state index in [2.05, 4.69) is 0 Å². The van der Waals surface area contributed by atoms with Crippen molar-refractivity contribution >= 4 is 12.4 Å². The second-order valence-electron chi connectivity index (χ2n) is 6.22. The standard InChI is InChI=1S/C16H22FNO3/c1-11-12(8-7-9-13(11)17)16(5,10-19)18(6)14(20)21-15(2,3)4/h7-10H,1-6H3. The SMILES string of the molecule is Cc1c(F)cccc1C(C)(C=O)N(C)C(=O)OC(C)(C)C. The van der Waals surface area contributed by atoms with E-state index >= 15 is 0 Å². The van der Waals surface area contributed by atoms with Crippen LogP contribution in [0.5, 0.6) is 0 Å². The Hall–Kier alpha value is -1.91. The zero-order valence-electron chi connectivity index (χ0n) is 13.4. The number of rotatable bonds is 3. The molecule has 1 aromatic rings. The molecule has 1 rings (SSSR count). The highest BCUT2D eigenvalue weighted by molar-refractivity contribution is 5.78. The molecule has 0 aliphatic carbocycles. The summed E-state index contributed by atoms with van der Waals surface area (Å²) in [7, 11) is 1.47. The number of ether oxygens (including phenoxy) is 1. The largest absolute Gasteiger partial charge is 0.444 e. The van der Waals surface area contributed by atoms with Gasteiger partial charge in [0, 0.05) is 7.05 Å². The van der Waals surface area contributed by atoms with Crippen LogP contribution in [0.4, 0.5) is 9.18 Å². The van der Waals surface area contributed by atoms with Gasteiger partial charge in [-0.1, -0.05) is 12.1 Å². The molecule has 0 aliphatic rings. The van der Waals surface area contributed by atoms with E-state index < -0.39 is 23.1 Å². The summed E-state index contributed by atoms with van der Waals surface area (Å²) in [5.74, 6) is -0.418. The molecule has 4 nitrogen and oxygen atoms in total. The molecule has 0 saturated carbocycles. The number of carbonyl (C=O) groups excluding carboxylic acids is 2. The van der Waals surface area contributed by atoms with Gasteiger partial charge in [-0.2, -0.15) is 0 Å². The molecule has 0 bridgehead atoms. The fourth-order valence-electron chi connectivity index (χ4n) is 2.00. The van der Waals surface area contributed by atoms with Gasteiger partial charge in [-0.25, -0.2) is 9.18 Å². The summed E-state index contributed by atoms with van der Waals surface area (Å²) >= 11 is 0. The molecule has 0 spiro atoms. The minimum absolute atomic E-state index is 0.336. The van der Waals surface area contributed by atoms with E-state index in [1.165, 1.54) is 24.1 Å². The third kappa shape index (κ3) is 3.60. The Bertz CT molecular complexity index is 551. The topological polar surface area (TPSA) is 46.6 Å². The third-order valence-corrected chi connectivity index (χ3v) is 3.41. The van der Waals surface area contributed by atoms with Crippen LogP contribution in [0.25, 0.3) is 0 Å². The molecule has 0 heterocycles. The molecule has 1 aromatic carbocycles. The van der Waals surface area contributed by atoms with Gasteiger partial charge in [0.2, 0.25) is 0 Å². The summed E-state index contributed by atoms with van der Waals surface area (Å²) < 4.78 is 19.0. The Morgan fingerprint density at radius 2 is 1.86 bits per heavy atom. The highest BCUT2D eigenvalue weighted by atomic mass is 19.1. The number of nitrogens with zero attached hydrogens (tertiary/aromatic N) is 1. The monoisotopic (exact) mass is 295 g/mol. The number of halogens is 1. The van der Waals surface area contributed by atoms with Crippen molar-refractivity contribution in [2.75, 3.05) is 7.05 Å². The zero-order chi connectivity index (χ0) is 16.4. The molecule has 0 aromatic heterocycles. The minimum Gasteiger partial charge on any atom is -0.444 e. The number of carbonyl (C=O) groups is 2. The first kappa shape index (κ1) is 17.1. The first-order valence-corrected chi connectivity index (χ1v) is 6.71. The summed E-state index contributed by atoms with van der Waals surface area (Å²) in [6.07, 6.45) is -0.0145. The van der Waals surface area contributed by atoms with Crippen LogP contribution < -0.4 is 0 Å². The van der Waals surface area contributed by atoms with Gasteiger partial charge in [0.25, 0.3) is 0 Å². The maximum Gasteiger partial charge on any atom is 0.411 e. The predicted octanol–water partition coefficient (Wildman–Crippen LogP) is 3.42. The molecule has 5 heteroatoms. The number of hydrogen-bond acceptors (Lipinski definition) is 3. The van der Waals surface area contributed by atoms with Crippen LogP contribution in [0, 0.1) is 12.7 Å². The second kappa shape index (κ2) is 5.84. The van der Waals surface area contributed by atoms with E-state index in [1.807, 2.05) is 0 Å². The van der Waals surface area contributed by atoms with Crippen LogP contribution in [0.3, 0.4) is 0 Å². The van der Waals surface area contributed by atoms with Gasteiger partial charge in [0.15, 0.2) is 0 Å². The highest BCUT2D eigenvalue weighted by Gasteiger charge is 2.38. The average molecular weight is 295 g/mol. The van der Waals surface area contributed by atoms with Crippen molar-refractivity contribution < 1.29 is 18.7 Å². The predicted molar refractivity (Wildman–Crippen MR) is 78.6 cm³/mol. The molecule has 1 amide bonds. The molecule has 116 valence electrons. The Labute approximate surface area is 124 Å². The molecular weight excluding hydrogens is 273 g/mol. The maximum atomic E-state index is 13.7. The van der Waals surface area contributed by atoms with E-state index in [9.17, 15) is 14.0 Å². The van der Waals surface area contributed by atoms with Gasteiger partial charge in [-0.3, -0.25) is 4.90 Å². The Morgan fingerprint density at radius 3 is 2.33 bits per heavy atom. The van der Waals surface area contributed by atoms with Crippen molar-refractivity contribution in [3.05, 3.63) is 35.1 Å². The molecule has 0 N–H and O–H groups in total. The van der Waals surface area contributed by atoms with Crippen molar-refractivity contribution in [2.45, 2.75) is 45.8 Å². The van der Waals surface area contributed by atoms with Gasteiger partial charge in [-0.15, -0.1) is 0 Å². The second-order valence-corrected chi connectivity index (χ2v) is 6.22. The van der Waals surface area contributed by atoms with Crippen LogP contribution in [0.15, 0.2) is 18.2 Å². The van der Waals surface area contributed by atoms with Crippen LogP contribution in [-0.4, -0.2) is 29.9 Å². The molecule has 1 unspecified atom stereocenters. The Morgan fingerprint density at radius 1 is 1.29 bits per heavy atom. The van der Waals surface area contributed by atoms with E-state index in [0.29, 0.717) is 17.4 Å². The third-order valence-electron chi connectivity index (χ3n) is 3.41. The lowest BCUT2D eigenvalue weighted by Crippen LogP contribution is -2.48. The fraction of sp³-hybridized carbons (Fsp3) is 0.500. The Balaban J connectivity index is 3.23. The van der Waals surface area contributed by atoms with Crippen molar-refractivity contribution in [1.82, 2.24) is 4.90 Å². The van der Waals surface area contributed by atoms with Gasteiger partial charge in [0.1, 0.15) is 23.2 Å². The highest BCUT2D eigenvalue weighted by Crippen LogP contribution is 2.30. The minimum atomic E-state index is -1.30. The molecule has 0 saturated heterocycles. The molecule has 0 fully saturated rings. The lowest BCUT2D eigenvalue weighted by atomic mass is 9.88. The lowest BCUT2D eigenvalue weighted by Gasteiger charge is -2.36. The maximum absolute atomic E-state index is 13.7. The van der Waals surface area contributed by atoms with E-state index in [1.54, 1.807) is 40.7 Å². The zero-order valence-corrected chi connectivity index (χ0v) is 13.4. The molecule has 21 heavy (non-hydrogen) atoms.